The van der Waals surface area contributed by atoms with Gasteiger partial charge < -0.3 is 10.6 Å². The van der Waals surface area contributed by atoms with Crippen molar-refractivity contribution >= 4 is 17.7 Å². The molecule has 0 bridgehead atoms. The Morgan fingerprint density at radius 2 is 1.89 bits per heavy atom. The molecule has 0 radical (unpaired) electrons. The van der Waals surface area contributed by atoms with Crippen LogP contribution in [0.4, 0.5) is 13.2 Å². The Bertz CT molecular complexity index is 516. The van der Waals surface area contributed by atoms with Gasteiger partial charge in [0.15, 0.2) is 5.96 Å². The Labute approximate surface area is 170 Å². The SMILES string of the molecule is CCNC(=NCC1(N2CCSCC2)CCCC1)NC1CCN(CC(F)(F)F)C1. The lowest BCUT2D eigenvalue weighted by Crippen LogP contribution is -2.53. The lowest BCUT2D eigenvalue weighted by atomic mass is 9.95. The molecule has 1 saturated carbocycles. The second-order valence-electron chi connectivity index (χ2n) is 8.21. The number of alkyl halides is 3. The van der Waals surface area contributed by atoms with E-state index in [0.717, 1.165) is 38.6 Å². The first-order valence-corrected chi connectivity index (χ1v) is 11.7. The fraction of sp³-hybridized carbons (Fsp3) is 0.947. The quantitative estimate of drug-likeness (QED) is 0.510. The van der Waals surface area contributed by atoms with Gasteiger partial charge in [-0.1, -0.05) is 12.8 Å². The molecule has 0 aromatic heterocycles. The molecule has 2 saturated heterocycles. The summed E-state index contributed by atoms with van der Waals surface area (Å²) in [7, 11) is 0. The van der Waals surface area contributed by atoms with Crippen molar-refractivity contribution in [2.75, 3.05) is 57.3 Å². The van der Waals surface area contributed by atoms with Gasteiger partial charge in [0.2, 0.25) is 0 Å². The van der Waals surface area contributed by atoms with Gasteiger partial charge in [-0.2, -0.15) is 24.9 Å². The van der Waals surface area contributed by atoms with Crippen LogP contribution >= 0.6 is 11.8 Å². The number of hydrogen-bond donors (Lipinski definition) is 2. The number of hydrogen-bond acceptors (Lipinski definition) is 4. The number of likely N-dealkylation sites (tertiary alicyclic amines) is 1. The van der Waals surface area contributed by atoms with Gasteiger partial charge in [0.25, 0.3) is 0 Å². The van der Waals surface area contributed by atoms with Gasteiger partial charge in [0.05, 0.1) is 13.1 Å². The van der Waals surface area contributed by atoms with E-state index >= 15 is 0 Å². The smallest absolute Gasteiger partial charge is 0.357 e. The molecule has 0 aromatic rings. The highest BCUT2D eigenvalue weighted by Crippen LogP contribution is 2.37. The molecule has 5 nitrogen and oxygen atoms in total. The van der Waals surface area contributed by atoms with E-state index in [1.54, 1.807) is 0 Å². The minimum Gasteiger partial charge on any atom is -0.357 e. The minimum atomic E-state index is -4.13. The van der Waals surface area contributed by atoms with Crippen LogP contribution in [0.3, 0.4) is 0 Å². The van der Waals surface area contributed by atoms with Crippen LogP contribution < -0.4 is 10.6 Å². The van der Waals surface area contributed by atoms with Gasteiger partial charge in [0.1, 0.15) is 0 Å². The standard InChI is InChI=1S/C19H34F3N5S/c1-2-23-17(25-16-5-8-26(13-16)15-19(20,21)22)24-14-18(6-3-4-7-18)27-9-11-28-12-10-27/h16H,2-15H2,1H3,(H2,23,24,25). The third kappa shape index (κ3) is 6.16. The highest BCUT2D eigenvalue weighted by molar-refractivity contribution is 7.99. The van der Waals surface area contributed by atoms with Gasteiger partial charge in [-0.25, -0.2) is 0 Å². The van der Waals surface area contributed by atoms with E-state index in [9.17, 15) is 13.2 Å². The van der Waals surface area contributed by atoms with Crippen LogP contribution in [0.15, 0.2) is 4.99 Å². The molecular formula is C19H34F3N5S. The van der Waals surface area contributed by atoms with E-state index in [0.29, 0.717) is 13.1 Å². The molecule has 2 heterocycles. The van der Waals surface area contributed by atoms with Gasteiger partial charge in [-0.05, 0) is 26.2 Å². The average molecular weight is 422 g/mol. The lowest BCUT2D eigenvalue weighted by Gasteiger charge is -2.42. The topological polar surface area (TPSA) is 42.9 Å². The number of guanidine groups is 1. The van der Waals surface area contributed by atoms with Gasteiger partial charge >= 0.3 is 6.18 Å². The summed E-state index contributed by atoms with van der Waals surface area (Å²) in [5.41, 5.74) is 0.168. The lowest BCUT2D eigenvalue weighted by molar-refractivity contribution is -0.143. The Morgan fingerprint density at radius 3 is 2.54 bits per heavy atom. The van der Waals surface area contributed by atoms with Crippen molar-refractivity contribution in [1.82, 2.24) is 20.4 Å². The van der Waals surface area contributed by atoms with Crippen molar-refractivity contribution in [3.8, 4) is 0 Å². The fourth-order valence-corrected chi connectivity index (χ4v) is 5.64. The minimum absolute atomic E-state index is 0.0195. The molecule has 9 heteroatoms. The second kappa shape index (κ2) is 9.89. The molecule has 0 amide bonds. The summed E-state index contributed by atoms with van der Waals surface area (Å²) in [4.78, 5) is 9.03. The molecule has 3 rings (SSSR count). The second-order valence-corrected chi connectivity index (χ2v) is 9.43. The van der Waals surface area contributed by atoms with Crippen LogP contribution in [0.1, 0.15) is 39.0 Å². The molecule has 2 N–H and O–H groups in total. The summed E-state index contributed by atoms with van der Waals surface area (Å²) in [6.45, 7) is 5.89. The zero-order valence-corrected chi connectivity index (χ0v) is 17.7. The number of nitrogens with zero attached hydrogens (tertiary/aromatic N) is 3. The molecule has 2 aliphatic heterocycles. The van der Waals surface area contributed by atoms with E-state index in [-0.39, 0.29) is 11.6 Å². The van der Waals surface area contributed by atoms with Crippen molar-refractivity contribution in [3.05, 3.63) is 0 Å². The number of thioether (sulfide) groups is 1. The Kier molecular flexibility index (Phi) is 7.78. The largest absolute Gasteiger partial charge is 0.401 e. The normalized spacial score (nSPS) is 27.3. The molecule has 3 fully saturated rings. The monoisotopic (exact) mass is 421 g/mol. The first kappa shape index (κ1) is 22.0. The van der Waals surface area contributed by atoms with Crippen LogP contribution in [-0.4, -0.2) is 90.8 Å². The Morgan fingerprint density at radius 1 is 1.18 bits per heavy atom. The molecule has 0 spiro atoms. The van der Waals surface area contributed by atoms with E-state index in [1.165, 1.54) is 42.1 Å². The zero-order chi connectivity index (χ0) is 20.0. The Balaban J connectivity index is 1.59. The van der Waals surface area contributed by atoms with Crippen LogP contribution in [0.25, 0.3) is 0 Å². The van der Waals surface area contributed by atoms with E-state index in [4.69, 9.17) is 4.99 Å². The molecule has 1 unspecified atom stereocenters. The molecule has 1 atom stereocenters. The third-order valence-corrected chi connectivity index (χ3v) is 7.05. The van der Waals surface area contributed by atoms with Crippen molar-refractivity contribution in [1.29, 1.82) is 0 Å². The molecular weight excluding hydrogens is 387 g/mol. The van der Waals surface area contributed by atoms with Crippen LogP contribution in [0.2, 0.25) is 0 Å². The molecule has 3 aliphatic rings. The van der Waals surface area contributed by atoms with Crippen molar-refractivity contribution in [2.24, 2.45) is 4.99 Å². The highest BCUT2D eigenvalue weighted by atomic mass is 32.2. The maximum absolute atomic E-state index is 12.6. The summed E-state index contributed by atoms with van der Waals surface area (Å²) in [5.74, 6) is 3.14. The number of halogens is 3. The van der Waals surface area contributed by atoms with E-state index in [2.05, 4.69) is 15.5 Å². The van der Waals surface area contributed by atoms with Crippen molar-refractivity contribution in [3.63, 3.8) is 0 Å². The number of aliphatic imine (C=N–C) groups is 1. The van der Waals surface area contributed by atoms with Crippen LogP contribution in [-0.2, 0) is 0 Å². The van der Waals surface area contributed by atoms with Crippen molar-refractivity contribution in [2.45, 2.75) is 56.8 Å². The molecule has 1 aliphatic carbocycles. The first-order chi connectivity index (χ1) is 13.4. The summed E-state index contributed by atoms with van der Waals surface area (Å²) < 4.78 is 37.9. The summed E-state index contributed by atoms with van der Waals surface area (Å²) in [6.07, 6.45) is 1.51. The van der Waals surface area contributed by atoms with Gasteiger partial charge in [-0.15, -0.1) is 0 Å². The third-order valence-electron chi connectivity index (χ3n) is 6.11. The molecule has 162 valence electrons. The summed E-state index contributed by atoms with van der Waals surface area (Å²) in [5, 5.41) is 6.68. The maximum Gasteiger partial charge on any atom is 0.401 e. The first-order valence-electron chi connectivity index (χ1n) is 10.6. The van der Waals surface area contributed by atoms with E-state index in [1.807, 2.05) is 18.7 Å². The van der Waals surface area contributed by atoms with Crippen LogP contribution in [0, 0.1) is 0 Å². The fourth-order valence-electron chi connectivity index (χ4n) is 4.73. The average Bonchev–Trinajstić information content (AvgIpc) is 3.30. The van der Waals surface area contributed by atoms with Gasteiger partial charge in [-0.3, -0.25) is 14.8 Å². The van der Waals surface area contributed by atoms with Crippen molar-refractivity contribution < 1.29 is 13.2 Å². The Hall–Kier alpha value is -0.670. The highest BCUT2D eigenvalue weighted by Gasteiger charge is 2.40. The molecule has 0 aromatic carbocycles. The molecule has 28 heavy (non-hydrogen) atoms. The zero-order valence-electron chi connectivity index (χ0n) is 16.9. The number of nitrogens with one attached hydrogen (secondary N) is 2. The maximum atomic E-state index is 12.6. The predicted octanol–water partition coefficient (Wildman–Crippen LogP) is 2.54. The predicted molar refractivity (Wildman–Crippen MR) is 110 cm³/mol. The van der Waals surface area contributed by atoms with Gasteiger partial charge in [0, 0.05) is 55.8 Å². The summed E-state index contributed by atoms with van der Waals surface area (Å²) in [6, 6.07) is 0.0195. The van der Waals surface area contributed by atoms with Crippen LogP contribution in [0.5, 0.6) is 0 Å². The summed E-state index contributed by atoms with van der Waals surface area (Å²) >= 11 is 2.03. The number of rotatable bonds is 6. The van der Waals surface area contributed by atoms with E-state index < -0.39 is 12.7 Å².